The maximum atomic E-state index is 5.88. The molecule has 0 aromatic carbocycles. The summed E-state index contributed by atoms with van der Waals surface area (Å²) in [5, 5.41) is 0. The zero-order chi connectivity index (χ0) is 11.8. The number of rotatable bonds is 5. The van der Waals surface area contributed by atoms with Gasteiger partial charge in [0.25, 0.3) is 0 Å². The molecule has 0 amide bonds. The molecule has 1 nitrogen and oxygen atoms in total. The Labute approximate surface area is 94.1 Å². The lowest BCUT2D eigenvalue weighted by Crippen LogP contribution is -2.15. The van der Waals surface area contributed by atoms with Crippen LogP contribution in [0, 0.1) is 0 Å². The van der Waals surface area contributed by atoms with Crippen molar-refractivity contribution >= 4 is 0 Å². The highest BCUT2D eigenvalue weighted by atomic mass is 14.6. The molecule has 15 heavy (non-hydrogen) atoms. The van der Waals surface area contributed by atoms with Crippen LogP contribution in [0.1, 0.15) is 34.1 Å². The van der Waals surface area contributed by atoms with Crippen LogP contribution in [0.3, 0.4) is 0 Å². The standard InChI is InChI=1S/C14H23N/c1-6-13(9-8-11(3)4)12(5)10-14(15)7-2/h6,8-10,14H,3,7,15H2,1-2,4-5H3/b9-8-,12-10-,13-6-. The Morgan fingerprint density at radius 2 is 1.93 bits per heavy atom. The van der Waals surface area contributed by atoms with Gasteiger partial charge in [-0.2, -0.15) is 0 Å². The highest BCUT2D eigenvalue weighted by Gasteiger charge is 1.98. The number of hydrogen-bond acceptors (Lipinski definition) is 1. The third-order valence-corrected chi connectivity index (χ3v) is 2.25. The van der Waals surface area contributed by atoms with Crippen LogP contribution in [0.4, 0.5) is 0 Å². The average molecular weight is 205 g/mol. The Hall–Kier alpha value is -1.08. The van der Waals surface area contributed by atoms with E-state index < -0.39 is 0 Å². The fraction of sp³-hybridized carbons (Fsp3) is 0.429. The average Bonchev–Trinajstić information content (AvgIpc) is 2.18. The van der Waals surface area contributed by atoms with E-state index in [1.165, 1.54) is 11.1 Å². The van der Waals surface area contributed by atoms with E-state index in [0.29, 0.717) is 0 Å². The molecule has 0 aliphatic carbocycles. The highest BCUT2D eigenvalue weighted by Crippen LogP contribution is 2.13. The molecule has 0 rings (SSSR count). The van der Waals surface area contributed by atoms with Crippen molar-refractivity contribution in [3.8, 4) is 0 Å². The molecule has 0 aliphatic heterocycles. The summed E-state index contributed by atoms with van der Waals surface area (Å²) in [6.45, 7) is 12.0. The Balaban J connectivity index is 4.70. The van der Waals surface area contributed by atoms with Crippen LogP contribution in [0.2, 0.25) is 0 Å². The summed E-state index contributed by atoms with van der Waals surface area (Å²) in [5.74, 6) is 0. The minimum atomic E-state index is 0.151. The molecule has 1 unspecified atom stereocenters. The van der Waals surface area contributed by atoms with Gasteiger partial charge < -0.3 is 5.73 Å². The van der Waals surface area contributed by atoms with Crippen LogP contribution < -0.4 is 5.73 Å². The molecule has 0 aromatic heterocycles. The first-order chi connectivity index (χ1) is 7.01. The minimum absolute atomic E-state index is 0.151. The molecule has 0 aromatic rings. The van der Waals surface area contributed by atoms with E-state index in [4.69, 9.17) is 5.73 Å². The molecule has 0 fully saturated rings. The van der Waals surface area contributed by atoms with E-state index in [1.54, 1.807) is 0 Å². The second kappa shape index (κ2) is 7.24. The summed E-state index contributed by atoms with van der Waals surface area (Å²) in [6.07, 6.45) is 9.27. The first-order valence-electron chi connectivity index (χ1n) is 5.45. The van der Waals surface area contributed by atoms with Gasteiger partial charge in [-0.3, -0.25) is 0 Å². The zero-order valence-electron chi connectivity index (χ0n) is 10.4. The van der Waals surface area contributed by atoms with Gasteiger partial charge in [0, 0.05) is 6.04 Å². The van der Waals surface area contributed by atoms with Crippen molar-refractivity contribution in [2.24, 2.45) is 5.73 Å². The molecule has 0 saturated carbocycles. The summed E-state index contributed by atoms with van der Waals surface area (Å²) >= 11 is 0. The number of hydrogen-bond donors (Lipinski definition) is 1. The maximum absolute atomic E-state index is 5.88. The molecular formula is C14H23N. The summed E-state index contributed by atoms with van der Waals surface area (Å²) in [7, 11) is 0. The second-order valence-electron chi connectivity index (χ2n) is 3.85. The smallest absolute Gasteiger partial charge is 0.0226 e. The van der Waals surface area contributed by atoms with Crippen LogP contribution in [-0.2, 0) is 0 Å². The van der Waals surface area contributed by atoms with Crippen LogP contribution in [0.25, 0.3) is 0 Å². The lowest BCUT2D eigenvalue weighted by Gasteiger charge is -2.06. The van der Waals surface area contributed by atoms with Gasteiger partial charge in [-0.15, -0.1) is 0 Å². The Bertz CT molecular complexity index is 292. The first-order valence-corrected chi connectivity index (χ1v) is 5.45. The lowest BCUT2D eigenvalue weighted by molar-refractivity contribution is 0.777. The third-order valence-electron chi connectivity index (χ3n) is 2.25. The molecule has 0 heterocycles. The molecule has 2 N–H and O–H groups in total. The second-order valence-corrected chi connectivity index (χ2v) is 3.85. The quantitative estimate of drug-likeness (QED) is 0.680. The van der Waals surface area contributed by atoms with Gasteiger partial charge in [0.2, 0.25) is 0 Å². The van der Waals surface area contributed by atoms with Crippen molar-refractivity contribution in [2.45, 2.75) is 40.2 Å². The minimum Gasteiger partial charge on any atom is -0.324 e. The van der Waals surface area contributed by atoms with Crippen molar-refractivity contribution in [3.05, 3.63) is 47.6 Å². The Morgan fingerprint density at radius 3 is 2.33 bits per heavy atom. The van der Waals surface area contributed by atoms with E-state index in [0.717, 1.165) is 12.0 Å². The van der Waals surface area contributed by atoms with E-state index in [1.807, 2.05) is 19.9 Å². The van der Waals surface area contributed by atoms with Gasteiger partial charge in [0.1, 0.15) is 0 Å². The maximum Gasteiger partial charge on any atom is 0.0226 e. The monoisotopic (exact) mass is 205 g/mol. The molecule has 1 atom stereocenters. The van der Waals surface area contributed by atoms with Gasteiger partial charge in [-0.05, 0) is 38.3 Å². The van der Waals surface area contributed by atoms with Crippen molar-refractivity contribution in [1.82, 2.24) is 0 Å². The van der Waals surface area contributed by atoms with Crippen molar-refractivity contribution < 1.29 is 0 Å². The van der Waals surface area contributed by atoms with Crippen LogP contribution >= 0.6 is 0 Å². The van der Waals surface area contributed by atoms with Gasteiger partial charge in [-0.1, -0.05) is 43.4 Å². The summed E-state index contributed by atoms with van der Waals surface area (Å²) in [4.78, 5) is 0. The van der Waals surface area contributed by atoms with Gasteiger partial charge in [0.05, 0.1) is 0 Å². The van der Waals surface area contributed by atoms with Gasteiger partial charge >= 0.3 is 0 Å². The molecule has 0 radical (unpaired) electrons. The predicted octanol–water partition coefficient (Wildman–Crippen LogP) is 3.75. The van der Waals surface area contributed by atoms with Crippen LogP contribution in [0.15, 0.2) is 47.6 Å². The lowest BCUT2D eigenvalue weighted by atomic mass is 10.0. The molecule has 1 heteroatoms. The van der Waals surface area contributed by atoms with E-state index in [2.05, 4.69) is 38.7 Å². The Morgan fingerprint density at radius 1 is 1.33 bits per heavy atom. The zero-order valence-corrected chi connectivity index (χ0v) is 10.4. The fourth-order valence-electron chi connectivity index (χ4n) is 1.22. The first kappa shape index (κ1) is 13.9. The fourth-order valence-corrected chi connectivity index (χ4v) is 1.22. The molecule has 0 aliphatic rings. The SMILES string of the molecule is C=C(C)\C=C/C(=C/C)C(/C)=C\C(N)CC. The largest absolute Gasteiger partial charge is 0.324 e. The summed E-state index contributed by atoms with van der Waals surface area (Å²) < 4.78 is 0. The van der Waals surface area contributed by atoms with E-state index >= 15 is 0 Å². The third kappa shape index (κ3) is 6.08. The molecule has 84 valence electrons. The van der Waals surface area contributed by atoms with Crippen LogP contribution in [-0.4, -0.2) is 6.04 Å². The van der Waals surface area contributed by atoms with Crippen molar-refractivity contribution in [1.29, 1.82) is 0 Å². The van der Waals surface area contributed by atoms with Gasteiger partial charge in [-0.25, -0.2) is 0 Å². The van der Waals surface area contributed by atoms with Crippen LogP contribution in [0.5, 0.6) is 0 Å². The van der Waals surface area contributed by atoms with Gasteiger partial charge in [0.15, 0.2) is 0 Å². The Kier molecular flexibility index (Phi) is 6.72. The molecule has 0 saturated heterocycles. The van der Waals surface area contributed by atoms with E-state index in [9.17, 15) is 0 Å². The number of allylic oxidation sites excluding steroid dienone is 6. The molecule has 0 bridgehead atoms. The summed E-state index contributed by atoms with van der Waals surface area (Å²) in [5.41, 5.74) is 9.37. The normalized spacial score (nSPS) is 15.8. The predicted molar refractivity (Wildman–Crippen MR) is 69.7 cm³/mol. The van der Waals surface area contributed by atoms with E-state index in [-0.39, 0.29) is 6.04 Å². The molecule has 0 spiro atoms. The highest BCUT2D eigenvalue weighted by molar-refractivity contribution is 5.40. The summed E-state index contributed by atoms with van der Waals surface area (Å²) in [6, 6.07) is 0.151. The molecular weight excluding hydrogens is 182 g/mol. The van der Waals surface area contributed by atoms with Crippen molar-refractivity contribution in [3.63, 3.8) is 0 Å². The van der Waals surface area contributed by atoms with Crippen molar-refractivity contribution in [2.75, 3.05) is 0 Å². The topological polar surface area (TPSA) is 26.0 Å². The number of nitrogens with two attached hydrogens (primary N) is 1.